The van der Waals surface area contributed by atoms with Crippen LogP contribution in [-0.2, 0) is 9.59 Å². The van der Waals surface area contributed by atoms with Gasteiger partial charge in [0, 0.05) is 16.8 Å². The Kier molecular flexibility index (Phi) is 6.28. The number of thioether (sulfide) groups is 1. The van der Waals surface area contributed by atoms with E-state index in [1.165, 1.54) is 11.8 Å². The summed E-state index contributed by atoms with van der Waals surface area (Å²) in [6, 6.07) is 6.88. The molecule has 24 heavy (non-hydrogen) atoms. The molecule has 1 unspecified atom stereocenters. The van der Waals surface area contributed by atoms with Crippen molar-refractivity contribution in [3.8, 4) is 0 Å². The molecule has 128 valence electrons. The van der Waals surface area contributed by atoms with E-state index < -0.39 is 5.25 Å². The number of aryl methyl sites for hydroxylation is 2. The minimum atomic E-state index is -0.404. The van der Waals surface area contributed by atoms with Crippen LogP contribution in [0.1, 0.15) is 18.2 Å². The summed E-state index contributed by atoms with van der Waals surface area (Å²) in [4.78, 5) is 24.0. The summed E-state index contributed by atoms with van der Waals surface area (Å²) in [5.74, 6) is 0.731. The van der Waals surface area contributed by atoms with Crippen molar-refractivity contribution >= 4 is 46.7 Å². The van der Waals surface area contributed by atoms with Crippen LogP contribution in [0.3, 0.4) is 0 Å². The van der Waals surface area contributed by atoms with Gasteiger partial charge in [-0.15, -0.1) is 11.8 Å². The number of nitrogens with zero attached hydrogens (tertiary/aromatic N) is 1. The molecule has 1 atom stereocenters. The van der Waals surface area contributed by atoms with Crippen LogP contribution in [0.5, 0.6) is 0 Å². The molecule has 1 aromatic heterocycles. The summed E-state index contributed by atoms with van der Waals surface area (Å²) in [5, 5.41) is 9.36. The Labute approximate surface area is 149 Å². The highest BCUT2D eigenvalue weighted by atomic mass is 35.5. The van der Waals surface area contributed by atoms with E-state index in [1.54, 1.807) is 38.1 Å². The molecule has 0 aliphatic heterocycles. The Balaban J connectivity index is 1.81. The van der Waals surface area contributed by atoms with Crippen molar-refractivity contribution in [1.82, 2.24) is 5.16 Å². The first-order valence-corrected chi connectivity index (χ1v) is 8.69. The molecular weight excluding hydrogens is 350 g/mol. The molecule has 1 heterocycles. The van der Waals surface area contributed by atoms with Crippen LogP contribution in [0, 0.1) is 13.8 Å². The van der Waals surface area contributed by atoms with Gasteiger partial charge in [0.05, 0.1) is 11.0 Å². The Morgan fingerprint density at radius 1 is 1.29 bits per heavy atom. The van der Waals surface area contributed by atoms with Gasteiger partial charge in [-0.3, -0.25) is 9.59 Å². The van der Waals surface area contributed by atoms with Gasteiger partial charge in [0.1, 0.15) is 5.76 Å². The highest BCUT2D eigenvalue weighted by Gasteiger charge is 2.17. The van der Waals surface area contributed by atoms with Crippen LogP contribution in [0.2, 0.25) is 5.02 Å². The number of benzene rings is 1. The fourth-order valence-corrected chi connectivity index (χ4v) is 2.79. The molecule has 6 nitrogen and oxygen atoms in total. The lowest BCUT2D eigenvalue weighted by atomic mass is 10.2. The van der Waals surface area contributed by atoms with Crippen molar-refractivity contribution in [1.29, 1.82) is 0 Å². The summed E-state index contributed by atoms with van der Waals surface area (Å²) in [6.07, 6.45) is 0. The third-order valence-electron chi connectivity index (χ3n) is 3.18. The summed E-state index contributed by atoms with van der Waals surface area (Å²) in [6.45, 7) is 5.34. The third kappa shape index (κ3) is 5.28. The molecule has 0 aliphatic carbocycles. The number of anilines is 2. The molecule has 0 fully saturated rings. The Morgan fingerprint density at radius 3 is 2.67 bits per heavy atom. The van der Waals surface area contributed by atoms with E-state index in [0.29, 0.717) is 22.3 Å². The lowest BCUT2D eigenvalue weighted by molar-refractivity contribution is -0.115. The normalized spacial score (nSPS) is 11.8. The van der Waals surface area contributed by atoms with Crippen molar-refractivity contribution in [2.24, 2.45) is 0 Å². The van der Waals surface area contributed by atoms with Crippen molar-refractivity contribution in [2.75, 3.05) is 16.4 Å². The molecule has 0 radical (unpaired) electrons. The summed E-state index contributed by atoms with van der Waals surface area (Å²) in [5.41, 5.74) is 1.59. The van der Waals surface area contributed by atoms with E-state index in [-0.39, 0.29) is 17.6 Å². The minimum Gasteiger partial charge on any atom is -0.360 e. The summed E-state index contributed by atoms with van der Waals surface area (Å²) >= 11 is 7.12. The average Bonchev–Trinajstić information content (AvgIpc) is 2.92. The van der Waals surface area contributed by atoms with Gasteiger partial charge in [0.2, 0.25) is 11.8 Å². The van der Waals surface area contributed by atoms with Crippen LogP contribution in [0.25, 0.3) is 0 Å². The maximum absolute atomic E-state index is 12.0. The molecule has 2 aromatic rings. The molecule has 2 rings (SSSR count). The molecule has 2 amide bonds. The second-order valence-corrected chi connectivity index (χ2v) is 7.04. The molecular formula is C16H18ClN3O3S. The number of nitrogens with one attached hydrogen (secondary N) is 2. The van der Waals surface area contributed by atoms with Crippen molar-refractivity contribution in [3.63, 3.8) is 0 Å². The van der Waals surface area contributed by atoms with Crippen molar-refractivity contribution < 1.29 is 14.1 Å². The van der Waals surface area contributed by atoms with Crippen LogP contribution in [0.4, 0.5) is 11.5 Å². The van der Waals surface area contributed by atoms with E-state index in [0.717, 1.165) is 5.56 Å². The zero-order valence-electron chi connectivity index (χ0n) is 13.6. The Hall–Kier alpha value is -1.99. The number of rotatable bonds is 6. The SMILES string of the molecule is Cc1cc(NC(=O)C(C)SCC(=O)Nc2ccc(Cl)cc2C)no1. The monoisotopic (exact) mass is 367 g/mol. The Bertz CT molecular complexity index is 748. The van der Waals surface area contributed by atoms with Gasteiger partial charge in [-0.1, -0.05) is 16.8 Å². The second kappa shape index (κ2) is 8.21. The topological polar surface area (TPSA) is 84.2 Å². The molecule has 2 N–H and O–H groups in total. The average molecular weight is 368 g/mol. The van der Waals surface area contributed by atoms with Crippen LogP contribution >= 0.6 is 23.4 Å². The zero-order valence-corrected chi connectivity index (χ0v) is 15.1. The van der Waals surface area contributed by atoms with Gasteiger partial charge in [-0.05, 0) is 44.5 Å². The summed E-state index contributed by atoms with van der Waals surface area (Å²) in [7, 11) is 0. The lowest BCUT2D eigenvalue weighted by Crippen LogP contribution is -2.25. The molecule has 8 heteroatoms. The first-order chi connectivity index (χ1) is 11.3. The van der Waals surface area contributed by atoms with E-state index in [2.05, 4.69) is 15.8 Å². The van der Waals surface area contributed by atoms with Gasteiger partial charge >= 0.3 is 0 Å². The number of hydrogen-bond donors (Lipinski definition) is 2. The molecule has 0 saturated carbocycles. The highest BCUT2D eigenvalue weighted by Crippen LogP contribution is 2.20. The predicted octanol–water partition coefficient (Wildman–Crippen LogP) is 3.64. The van der Waals surface area contributed by atoms with Crippen LogP contribution in [-0.4, -0.2) is 28.0 Å². The van der Waals surface area contributed by atoms with Gasteiger partial charge < -0.3 is 15.2 Å². The lowest BCUT2D eigenvalue weighted by Gasteiger charge is -2.11. The maximum atomic E-state index is 12.0. The van der Waals surface area contributed by atoms with Crippen LogP contribution in [0.15, 0.2) is 28.8 Å². The number of halogens is 1. The molecule has 0 saturated heterocycles. The first-order valence-electron chi connectivity index (χ1n) is 7.27. The zero-order chi connectivity index (χ0) is 17.7. The van der Waals surface area contributed by atoms with E-state index in [4.69, 9.17) is 16.1 Å². The van der Waals surface area contributed by atoms with Gasteiger partial charge in [0.15, 0.2) is 5.82 Å². The number of carbonyl (C=O) groups is 2. The Morgan fingerprint density at radius 2 is 2.04 bits per heavy atom. The standard InChI is InChI=1S/C16H18ClN3O3S/c1-9-6-12(17)4-5-13(9)18-15(21)8-24-11(3)16(22)19-14-7-10(2)23-20-14/h4-7,11H,8H2,1-3H3,(H,18,21)(H,19,20,22). The number of hydrogen-bond acceptors (Lipinski definition) is 5. The van der Waals surface area contributed by atoms with Crippen molar-refractivity contribution in [3.05, 3.63) is 40.6 Å². The smallest absolute Gasteiger partial charge is 0.238 e. The quantitative estimate of drug-likeness (QED) is 0.814. The fraction of sp³-hybridized carbons (Fsp3) is 0.312. The summed E-state index contributed by atoms with van der Waals surface area (Å²) < 4.78 is 4.88. The molecule has 0 aliphatic rings. The molecule has 0 bridgehead atoms. The van der Waals surface area contributed by atoms with Gasteiger partial charge in [0.25, 0.3) is 0 Å². The third-order valence-corrected chi connectivity index (χ3v) is 4.55. The van der Waals surface area contributed by atoms with Gasteiger partial charge in [-0.2, -0.15) is 0 Å². The highest BCUT2D eigenvalue weighted by molar-refractivity contribution is 8.01. The van der Waals surface area contributed by atoms with Crippen molar-refractivity contribution in [2.45, 2.75) is 26.0 Å². The number of carbonyl (C=O) groups excluding carboxylic acids is 2. The van der Waals surface area contributed by atoms with E-state index in [1.807, 2.05) is 6.92 Å². The first kappa shape index (κ1) is 18.4. The molecule has 1 aromatic carbocycles. The minimum absolute atomic E-state index is 0.161. The second-order valence-electron chi connectivity index (χ2n) is 5.27. The molecule has 0 spiro atoms. The largest absolute Gasteiger partial charge is 0.360 e. The fourth-order valence-electron chi connectivity index (χ4n) is 1.88. The number of aromatic nitrogens is 1. The number of amides is 2. The predicted molar refractivity (Wildman–Crippen MR) is 96.6 cm³/mol. The van der Waals surface area contributed by atoms with E-state index >= 15 is 0 Å². The van der Waals surface area contributed by atoms with Gasteiger partial charge in [-0.25, -0.2) is 0 Å². The van der Waals surface area contributed by atoms with Crippen LogP contribution < -0.4 is 10.6 Å². The maximum Gasteiger partial charge on any atom is 0.238 e. The van der Waals surface area contributed by atoms with E-state index in [9.17, 15) is 9.59 Å².